The highest BCUT2D eigenvalue weighted by molar-refractivity contribution is 5.96. The second kappa shape index (κ2) is 4.53. The lowest BCUT2D eigenvalue weighted by atomic mass is 9.95. The normalized spacial score (nSPS) is 16.3. The fourth-order valence-corrected chi connectivity index (χ4v) is 2.31. The number of carbonyl (C=O) groups is 1. The van der Waals surface area contributed by atoms with E-state index in [0.29, 0.717) is 5.92 Å². The molecule has 4 nitrogen and oxygen atoms in total. The van der Waals surface area contributed by atoms with E-state index in [2.05, 4.69) is 0 Å². The second-order valence-corrected chi connectivity index (χ2v) is 4.20. The summed E-state index contributed by atoms with van der Waals surface area (Å²) in [6, 6.07) is 5.02. The molecule has 1 fully saturated rings. The molecule has 0 heterocycles. The van der Waals surface area contributed by atoms with E-state index >= 15 is 0 Å². The molecule has 0 spiro atoms. The maximum absolute atomic E-state index is 11.3. The molecule has 16 heavy (non-hydrogen) atoms. The summed E-state index contributed by atoms with van der Waals surface area (Å²) in [6.45, 7) is 0. The zero-order valence-corrected chi connectivity index (χ0v) is 8.94. The highest BCUT2D eigenvalue weighted by Gasteiger charge is 2.19. The number of amides is 1. The van der Waals surface area contributed by atoms with Crippen LogP contribution in [0, 0.1) is 0 Å². The smallest absolute Gasteiger partial charge is 0.278 e. The fourth-order valence-electron chi connectivity index (χ4n) is 2.31. The Kier molecular flexibility index (Phi) is 3.10. The number of phenolic OH excluding ortho intramolecular Hbond substituents is 1. The van der Waals surface area contributed by atoms with Crippen molar-refractivity contribution < 1.29 is 15.1 Å². The van der Waals surface area contributed by atoms with Crippen molar-refractivity contribution in [2.45, 2.75) is 31.6 Å². The van der Waals surface area contributed by atoms with Crippen molar-refractivity contribution in [2.24, 2.45) is 0 Å². The van der Waals surface area contributed by atoms with Gasteiger partial charge >= 0.3 is 0 Å². The van der Waals surface area contributed by atoms with Gasteiger partial charge in [-0.15, -0.1) is 0 Å². The van der Waals surface area contributed by atoms with Crippen LogP contribution in [0.5, 0.6) is 5.75 Å². The quantitative estimate of drug-likeness (QED) is 0.529. The molecule has 1 saturated carbocycles. The number of nitrogens with one attached hydrogen (secondary N) is 1. The predicted molar refractivity (Wildman–Crippen MR) is 58.6 cm³/mol. The van der Waals surface area contributed by atoms with Crippen LogP contribution in [0.25, 0.3) is 0 Å². The number of phenols is 1. The Balaban J connectivity index is 2.30. The topological polar surface area (TPSA) is 69.6 Å². The van der Waals surface area contributed by atoms with Crippen molar-refractivity contribution >= 4 is 5.91 Å². The molecule has 3 N–H and O–H groups in total. The third-order valence-corrected chi connectivity index (χ3v) is 3.19. The lowest BCUT2D eigenvalue weighted by molar-refractivity contribution is 0.0703. The minimum absolute atomic E-state index is 0.103. The standard InChI is InChI=1S/C12H15NO3/c14-11-6-5-9(8-3-1-2-4-8)7-10(11)12(15)13-16/h5-8,14,16H,1-4H2,(H,13,15). The second-order valence-electron chi connectivity index (χ2n) is 4.20. The zero-order chi connectivity index (χ0) is 11.5. The molecule has 1 aliphatic rings. The van der Waals surface area contributed by atoms with Crippen LogP contribution in [0.2, 0.25) is 0 Å². The number of benzene rings is 1. The third-order valence-electron chi connectivity index (χ3n) is 3.19. The lowest BCUT2D eigenvalue weighted by Crippen LogP contribution is -2.19. The van der Waals surface area contributed by atoms with Gasteiger partial charge in [0.1, 0.15) is 5.75 Å². The lowest BCUT2D eigenvalue weighted by Gasteiger charge is -2.11. The van der Waals surface area contributed by atoms with Gasteiger partial charge in [0, 0.05) is 0 Å². The van der Waals surface area contributed by atoms with Crippen molar-refractivity contribution in [3.63, 3.8) is 0 Å². The first-order valence-electron chi connectivity index (χ1n) is 5.49. The molecule has 0 bridgehead atoms. The van der Waals surface area contributed by atoms with E-state index < -0.39 is 5.91 Å². The summed E-state index contributed by atoms with van der Waals surface area (Å²) in [7, 11) is 0. The zero-order valence-electron chi connectivity index (χ0n) is 8.94. The summed E-state index contributed by atoms with van der Waals surface area (Å²) in [5.74, 6) is -0.295. The van der Waals surface area contributed by atoms with Crippen LogP contribution in [0.3, 0.4) is 0 Å². The Hall–Kier alpha value is -1.55. The van der Waals surface area contributed by atoms with E-state index in [1.54, 1.807) is 11.5 Å². The number of rotatable bonds is 2. The third kappa shape index (κ3) is 2.02. The SMILES string of the molecule is O=C(NO)c1cc(C2CCCC2)ccc1O. The number of hydrogen-bond acceptors (Lipinski definition) is 3. The number of hydrogen-bond donors (Lipinski definition) is 3. The Morgan fingerprint density at radius 2 is 2.00 bits per heavy atom. The van der Waals surface area contributed by atoms with Gasteiger partial charge in [0.15, 0.2) is 0 Å². The Bertz CT molecular complexity index is 397. The monoisotopic (exact) mass is 221 g/mol. The number of aromatic hydroxyl groups is 1. The summed E-state index contributed by atoms with van der Waals surface area (Å²) in [6.07, 6.45) is 4.69. The van der Waals surface area contributed by atoms with Crippen molar-refractivity contribution in [2.75, 3.05) is 0 Å². The average Bonchev–Trinajstić information content (AvgIpc) is 2.82. The van der Waals surface area contributed by atoms with Gasteiger partial charge < -0.3 is 5.11 Å². The van der Waals surface area contributed by atoms with E-state index in [9.17, 15) is 9.90 Å². The molecule has 4 heteroatoms. The molecular weight excluding hydrogens is 206 g/mol. The van der Waals surface area contributed by atoms with E-state index in [4.69, 9.17) is 5.21 Å². The average molecular weight is 221 g/mol. The molecule has 0 unspecified atom stereocenters. The first-order chi connectivity index (χ1) is 7.72. The molecule has 0 aliphatic heterocycles. The van der Waals surface area contributed by atoms with Crippen molar-refractivity contribution in [1.82, 2.24) is 5.48 Å². The van der Waals surface area contributed by atoms with Crippen molar-refractivity contribution in [3.05, 3.63) is 29.3 Å². The van der Waals surface area contributed by atoms with E-state index in [0.717, 1.165) is 18.4 Å². The highest BCUT2D eigenvalue weighted by atomic mass is 16.5. The predicted octanol–water partition coefficient (Wildman–Crippen LogP) is 2.17. The summed E-state index contributed by atoms with van der Waals surface area (Å²) >= 11 is 0. The minimum atomic E-state index is -0.669. The largest absolute Gasteiger partial charge is 0.507 e. The summed E-state index contributed by atoms with van der Waals surface area (Å²) in [5.41, 5.74) is 2.74. The summed E-state index contributed by atoms with van der Waals surface area (Å²) in [4.78, 5) is 11.3. The van der Waals surface area contributed by atoms with Crippen LogP contribution < -0.4 is 5.48 Å². The van der Waals surface area contributed by atoms with Crippen molar-refractivity contribution in [3.8, 4) is 5.75 Å². The molecule has 1 aromatic carbocycles. The number of hydroxylamine groups is 1. The van der Waals surface area contributed by atoms with Gasteiger partial charge in [-0.2, -0.15) is 0 Å². The molecule has 0 radical (unpaired) electrons. The molecule has 0 atom stereocenters. The van der Waals surface area contributed by atoms with Crippen LogP contribution in [-0.4, -0.2) is 16.2 Å². The van der Waals surface area contributed by atoms with E-state index in [-0.39, 0.29) is 11.3 Å². The van der Waals surface area contributed by atoms with Gasteiger partial charge in [-0.1, -0.05) is 18.9 Å². The van der Waals surface area contributed by atoms with Crippen LogP contribution in [0.1, 0.15) is 47.5 Å². The van der Waals surface area contributed by atoms with Crippen LogP contribution >= 0.6 is 0 Å². The molecule has 1 aliphatic carbocycles. The van der Waals surface area contributed by atoms with Gasteiger partial charge in [-0.05, 0) is 36.5 Å². The molecular formula is C12H15NO3. The summed E-state index contributed by atoms with van der Waals surface area (Å²) < 4.78 is 0. The molecule has 2 rings (SSSR count). The van der Waals surface area contributed by atoms with Gasteiger partial charge in [-0.3, -0.25) is 10.0 Å². The molecule has 0 aromatic heterocycles. The van der Waals surface area contributed by atoms with Gasteiger partial charge in [0.25, 0.3) is 5.91 Å². The van der Waals surface area contributed by atoms with Crippen LogP contribution in [-0.2, 0) is 0 Å². The molecule has 86 valence electrons. The van der Waals surface area contributed by atoms with E-state index in [1.165, 1.54) is 18.9 Å². The van der Waals surface area contributed by atoms with Gasteiger partial charge in [0.2, 0.25) is 0 Å². The van der Waals surface area contributed by atoms with Gasteiger partial charge in [-0.25, -0.2) is 5.48 Å². The van der Waals surface area contributed by atoms with Crippen LogP contribution in [0.4, 0.5) is 0 Å². The fraction of sp³-hybridized carbons (Fsp3) is 0.417. The maximum Gasteiger partial charge on any atom is 0.278 e. The first kappa shape index (κ1) is 11.0. The van der Waals surface area contributed by atoms with E-state index in [1.807, 2.05) is 6.07 Å². The number of carbonyl (C=O) groups excluding carboxylic acids is 1. The molecule has 1 aromatic rings. The Morgan fingerprint density at radius 3 is 2.62 bits per heavy atom. The minimum Gasteiger partial charge on any atom is -0.507 e. The molecule has 1 amide bonds. The van der Waals surface area contributed by atoms with Gasteiger partial charge in [0.05, 0.1) is 5.56 Å². The Labute approximate surface area is 93.9 Å². The first-order valence-corrected chi connectivity index (χ1v) is 5.49. The summed E-state index contributed by atoms with van der Waals surface area (Å²) in [5, 5.41) is 18.1. The maximum atomic E-state index is 11.3. The highest BCUT2D eigenvalue weighted by Crippen LogP contribution is 2.35. The van der Waals surface area contributed by atoms with Crippen LogP contribution in [0.15, 0.2) is 18.2 Å². The van der Waals surface area contributed by atoms with Crippen molar-refractivity contribution in [1.29, 1.82) is 0 Å². The Morgan fingerprint density at radius 1 is 1.31 bits per heavy atom. The molecule has 0 saturated heterocycles.